The highest BCUT2D eigenvalue weighted by molar-refractivity contribution is 6.59. The smallest absolute Gasteiger partial charge is 0.299 e. The summed E-state index contributed by atoms with van der Waals surface area (Å²) in [6, 6.07) is 6.71. The van der Waals surface area contributed by atoms with E-state index in [4.69, 9.17) is 0 Å². The number of ketones is 2. The van der Waals surface area contributed by atoms with Crippen LogP contribution in [0.5, 0.6) is 0 Å². The number of hydrogen-bond donors (Lipinski definition) is 0. The summed E-state index contributed by atoms with van der Waals surface area (Å²) in [5.74, 6) is -4.72. The van der Waals surface area contributed by atoms with Crippen molar-refractivity contribution < 1.29 is 19.2 Å². The Balaban J connectivity index is 2.51. The van der Waals surface area contributed by atoms with Crippen molar-refractivity contribution in [3.8, 4) is 0 Å². The van der Waals surface area contributed by atoms with E-state index in [0.29, 0.717) is 11.3 Å². The van der Waals surface area contributed by atoms with Crippen LogP contribution in [0, 0.1) is 12.8 Å². The number of anilines is 1. The minimum absolute atomic E-state index is 0.351. The van der Waals surface area contributed by atoms with Gasteiger partial charge in [0.15, 0.2) is 5.92 Å². The van der Waals surface area contributed by atoms with Crippen LogP contribution in [0.15, 0.2) is 24.3 Å². The first kappa shape index (κ1) is 12.2. The molecule has 2 amide bonds. The Morgan fingerprint density at radius 2 is 1.78 bits per heavy atom. The van der Waals surface area contributed by atoms with Crippen molar-refractivity contribution in [2.75, 3.05) is 4.90 Å². The van der Waals surface area contributed by atoms with Gasteiger partial charge in [0.25, 0.3) is 5.91 Å². The fraction of sp³-hybridized carbons (Fsp3) is 0.231. The predicted octanol–water partition coefficient (Wildman–Crippen LogP) is 0.643. The highest BCUT2D eigenvalue weighted by atomic mass is 16.2. The topological polar surface area (TPSA) is 71.5 Å². The van der Waals surface area contributed by atoms with Crippen LogP contribution in [0.1, 0.15) is 12.5 Å². The Morgan fingerprint density at radius 3 is 2.28 bits per heavy atom. The van der Waals surface area contributed by atoms with E-state index in [2.05, 4.69) is 0 Å². The number of aryl methyl sites for hydroxylation is 1. The van der Waals surface area contributed by atoms with Crippen molar-refractivity contribution in [1.29, 1.82) is 0 Å². The van der Waals surface area contributed by atoms with Crippen LogP contribution < -0.4 is 4.90 Å². The largest absolute Gasteiger partial charge is 0.302 e. The normalized spacial score (nSPS) is 19.6. The number of carbonyl (C=O) groups excluding carboxylic acids is 4. The van der Waals surface area contributed by atoms with Crippen molar-refractivity contribution in [3.63, 3.8) is 0 Å². The summed E-state index contributed by atoms with van der Waals surface area (Å²) in [7, 11) is 0. The van der Waals surface area contributed by atoms with Gasteiger partial charge in [-0.2, -0.15) is 0 Å². The second-order valence-electron chi connectivity index (χ2n) is 4.17. The molecule has 1 aliphatic heterocycles. The molecule has 92 valence electrons. The molecular formula is C13H11NO4. The van der Waals surface area contributed by atoms with Crippen molar-refractivity contribution in [3.05, 3.63) is 29.8 Å². The lowest BCUT2D eigenvalue weighted by atomic mass is 10.0. The molecule has 0 aromatic heterocycles. The molecule has 0 unspecified atom stereocenters. The zero-order chi connectivity index (χ0) is 13.4. The van der Waals surface area contributed by atoms with Crippen LogP contribution in [-0.2, 0) is 19.2 Å². The van der Waals surface area contributed by atoms with E-state index in [1.807, 2.05) is 0 Å². The molecule has 5 heteroatoms. The molecule has 1 heterocycles. The zero-order valence-electron chi connectivity index (χ0n) is 9.97. The number of carbonyl (C=O) groups is 4. The molecule has 1 aromatic rings. The number of hydrogen-bond acceptors (Lipinski definition) is 4. The quantitative estimate of drug-likeness (QED) is 0.435. The third kappa shape index (κ3) is 1.64. The van der Waals surface area contributed by atoms with Crippen LogP contribution in [0.2, 0.25) is 0 Å². The van der Waals surface area contributed by atoms with E-state index in [1.165, 1.54) is 0 Å². The maximum absolute atomic E-state index is 12.0. The highest BCUT2D eigenvalue weighted by Crippen LogP contribution is 2.27. The van der Waals surface area contributed by atoms with Crippen molar-refractivity contribution in [2.45, 2.75) is 13.8 Å². The maximum atomic E-state index is 12.0. The number of nitrogens with zero attached hydrogens (tertiary/aromatic N) is 1. The fourth-order valence-electron chi connectivity index (χ4n) is 1.98. The summed E-state index contributed by atoms with van der Waals surface area (Å²) in [5.41, 5.74) is 1.04. The molecule has 1 atom stereocenters. The van der Waals surface area contributed by atoms with Gasteiger partial charge in [0.05, 0.1) is 5.69 Å². The van der Waals surface area contributed by atoms with E-state index in [9.17, 15) is 19.2 Å². The lowest BCUT2D eigenvalue weighted by Gasteiger charge is -2.15. The lowest BCUT2D eigenvalue weighted by molar-refractivity contribution is -0.139. The Kier molecular flexibility index (Phi) is 2.82. The summed E-state index contributed by atoms with van der Waals surface area (Å²) in [4.78, 5) is 47.4. The molecule has 0 radical (unpaired) electrons. The number of rotatable bonds is 2. The first-order chi connectivity index (χ1) is 8.45. The average Bonchev–Trinajstić information content (AvgIpc) is 2.52. The monoisotopic (exact) mass is 245 g/mol. The zero-order valence-corrected chi connectivity index (χ0v) is 9.97. The van der Waals surface area contributed by atoms with E-state index < -0.39 is 29.3 Å². The number of benzene rings is 1. The molecule has 1 aliphatic rings. The minimum atomic E-state index is -1.47. The van der Waals surface area contributed by atoms with Gasteiger partial charge in [-0.1, -0.05) is 18.2 Å². The second kappa shape index (κ2) is 4.18. The van der Waals surface area contributed by atoms with E-state index in [0.717, 1.165) is 11.8 Å². The van der Waals surface area contributed by atoms with Gasteiger partial charge >= 0.3 is 5.91 Å². The predicted molar refractivity (Wildman–Crippen MR) is 62.9 cm³/mol. The molecule has 1 aromatic carbocycles. The summed E-state index contributed by atoms with van der Waals surface area (Å²) >= 11 is 0. The van der Waals surface area contributed by atoms with Crippen molar-refractivity contribution in [2.24, 2.45) is 5.92 Å². The van der Waals surface area contributed by atoms with Crippen LogP contribution in [0.3, 0.4) is 0 Å². The second-order valence-corrected chi connectivity index (χ2v) is 4.17. The van der Waals surface area contributed by atoms with E-state index in [1.54, 1.807) is 31.2 Å². The van der Waals surface area contributed by atoms with Gasteiger partial charge in [0.2, 0.25) is 5.78 Å². The molecule has 1 fully saturated rings. The Morgan fingerprint density at radius 1 is 1.17 bits per heavy atom. The van der Waals surface area contributed by atoms with Gasteiger partial charge in [0, 0.05) is 0 Å². The third-order valence-corrected chi connectivity index (χ3v) is 2.91. The van der Waals surface area contributed by atoms with Gasteiger partial charge in [-0.05, 0) is 25.5 Å². The summed E-state index contributed by atoms with van der Waals surface area (Å²) in [6.07, 6.45) is 0. The first-order valence-corrected chi connectivity index (χ1v) is 5.43. The van der Waals surface area contributed by atoms with Crippen LogP contribution in [-0.4, -0.2) is 23.4 Å². The van der Waals surface area contributed by atoms with Crippen LogP contribution in [0.25, 0.3) is 0 Å². The number of Topliss-reactive ketones (excluding diaryl/α,β-unsaturated/α-hetero) is 2. The number of amides is 2. The number of imide groups is 1. The summed E-state index contributed by atoms with van der Waals surface area (Å²) < 4.78 is 0. The molecule has 0 bridgehead atoms. The SMILES string of the molecule is CC(=O)[C@@H]1C(=O)C(=O)N(c2ccccc2C)C1=O. The molecular weight excluding hydrogens is 234 g/mol. The standard InChI is InChI=1S/C13H11NO4/c1-7-5-3-4-6-9(7)14-12(17)10(8(2)15)11(16)13(14)18/h3-6,10H,1-2H3/t10-/m1/s1. The van der Waals surface area contributed by atoms with Gasteiger partial charge in [0.1, 0.15) is 5.78 Å². The van der Waals surface area contributed by atoms with E-state index >= 15 is 0 Å². The molecule has 5 nitrogen and oxygen atoms in total. The summed E-state index contributed by atoms with van der Waals surface area (Å²) in [6.45, 7) is 2.86. The molecule has 1 saturated heterocycles. The lowest BCUT2D eigenvalue weighted by Crippen LogP contribution is -2.32. The van der Waals surface area contributed by atoms with Gasteiger partial charge in [-0.25, -0.2) is 4.90 Å². The van der Waals surface area contributed by atoms with Gasteiger partial charge < -0.3 is 0 Å². The molecule has 0 spiro atoms. The molecule has 18 heavy (non-hydrogen) atoms. The van der Waals surface area contributed by atoms with E-state index in [-0.39, 0.29) is 0 Å². The summed E-state index contributed by atoms with van der Waals surface area (Å²) in [5, 5.41) is 0. The third-order valence-electron chi connectivity index (χ3n) is 2.91. The maximum Gasteiger partial charge on any atom is 0.302 e. The Labute approximate surface area is 103 Å². The molecule has 2 rings (SSSR count). The highest BCUT2D eigenvalue weighted by Gasteiger charge is 2.50. The number of para-hydroxylation sites is 1. The fourth-order valence-corrected chi connectivity index (χ4v) is 1.98. The van der Waals surface area contributed by atoms with Crippen LogP contribution >= 0.6 is 0 Å². The Hall–Kier alpha value is -2.30. The molecule has 0 saturated carbocycles. The van der Waals surface area contributed by atoms with Crippen LogP contribution in [0.4, 0.5) is 5.69 Å². The van der Waals surface area contributed by atoms with Gasteiger partial charge in [-0.15, -0.1) is 0 Å². The van der Waals surface area contributed by atoms with Crippen molar-refractivity contribution >= 4 is 29.1 Å². The van der Waals surface area contributed by atoms with Crippen molar-refractivity contribution in [1.82, 2.24) is 0 Å². The first-order valence-electron chi connectivity index (χ1n) is 5.43. The average molecular weight is 245 g/mol. The molecule has 0 aliphatic carbocycles. The van der Waals surface area contributed by atoms with Gasteiger partial charge in [-0.3, -0.25) is 19.2 Å². The Bertz CT molecular complexity index is 576. The minimum Gasteiger partial charge on any atom is -0.299 e. The molecule has 0 N–H and O–H groups in total.